The zero-order valence-corrected chi connectivity index (χ0v) is 10.9. The average molecular weight is 299 g/mol. The van der Waals surface area contributed by atoms with E-state index in [1.165, 1.54) is 25.4 Å². The Hall–Kier alpha value is -2.41. The summed E-state index contributed by atoms with van der Waals surface area (Å²) < 4.78 is 23.5. The second kappa shape index (κ2) is 5.70. The molecule has 0 amide bonds. The fourth-order valence-corrected chi connectivity index (χ4v) is 1.61. The Labute approximate surface area is 117 Å². The molecular weight excluding hydrogens is 291 g/mol. The number of halogens is 2. The van der Waals surface area contributed by atoms with Crippen LogP contribution in [0.3, 0.4) is 0 Å². The third-order valence-electron chi connectivity index (χ3n) is 2.34. The molecule has 0 aliphatic heterocycles. The van der Waals surface area contributed by atoms with Gasteiger partial charge in [0.15, 0.2) is 11.6 Å². The van der Waals surface area contributed by atoms with Gasteiger partial charge in [0.2, 0.25) is 0 Å². The summed E-state index contributed by atoms with van der Waals surface area (Å²) in [6.45, 7) is 0. The maximum absolute atomic E-state index is 13.5. The van der Waals surface area contributed by atoms with Crippen LogP contribution in [0.15, 0.2) is 30.5 Å². The Morgan fingerprint density at radius 1 is 1.40 bits per heavy atom. The fourth-order valence-electron chi connectivity index (χ4n) is 1.46. The van der Waals surface area contributed by atoms with Gasteiger partial charge in [-0.25, -0.2) is 9.37 Å². The predicted octanol–water partition coefficient (Wildman–Crippen LogP) is 3.58. The summed E-state index contributed by atoms with van der Waals surface area (Å²) in [5.74, 6) is -0.956. The third-order valence-corrected chi connectivity index (χ3v) is 2.54. The highest BCUT2D eigenvalue weighted by Gasteiger charge is 2.17. The summed E-state index contributed by atoms with van der Waals surface area (Å²) in [4.78, 5) is 13.9. The Kier molecular flexibility index (Phi) is 3.99. The summed E-state index contributed by atoms with van der Waals surface area (Å²) in [7, 11) is 1.31. The van der Waals surface area contributed by atoms with Gasteiger partial charge in [0.25, 0.3) is 5.88 Å². The normalized spacial score (nSPS) is 10.2. The minimum atomic E-state index is -0.768. The molecule has 0 spiro atoms. The van der Waals surface area contributed by atoms with Gasteiger partial charge < -0.3 is 9.47 Å². The molecule has 0 fully saturated rings. The Morgan fingerprint density at radius 2 is 2.15 bits per heavy atom. The molecule has 20 heavy (non-hydrogen) atoms. The van der Waals surface area contributed by atoms with E-state index in [1.54, 1.807) is 0 Å². The molecule has 0 aliphatic rings. The van der Waals surface area contributed by atoms with Gasteiger partial charge in [-0.3, -0.25) is 10.1 Å². The molecule has 6 nitrogen and oxygen atoms in total. The highest BCUT2D eigenvalue weighted by atomic mass is 35.5. The van der Waals surface area contributed by atoms with Crippen molar-refractivity contribution in [1.82, 2.24) is 4.98 Å². The molecule has 0 saturated heterocycles. The van der Waals surface area contributed by atoms with Crippen molar-refractivity contribution < 1.29 is 18.8 Å². The molecule has 1 aromatic heterocycles. The summed E-state index contributed by atoms with van der Waals surface area (Å²) in [6.07, 6.45) is 1.21. The van der Waals surface area contributed by atoms with Crippen LogP contribution in [0.5, 0.6) is 17.4 Å². The monoisotopic (exact) mass is 298 g/mol. The minimum Gasteiger partial charge on any atom is -0.490 e. The number of hydrogen-bond donors (Lipinski definition) is 0. The molecule has 8 heteroatoms. The summed E-state index contributed by atoms with van der Waals surface area (Å²) in [6, 6.07) is 4.90. The maximum atomic E-state index is 13.5. The first kappa shape index (κ1) is 14.0. The van der Waals surface area contributed by atoms with Crippen molar-refractivity contribution in [3.63, 3.8) is 0 Å². The van der Waals surface area contributed by atoms with Crippen LogP contribution in [0, 0.1) is 15.9 Å². The lowest BCUT2D eigenvalue weighted by Gasteiger charge is -2.07. The molecular formula is C12H8ClFN2O4. The summed E-state index contributed by atoms with van der Waals surface area (Å²) >= 11 is 5.56. The van der Waals surface area contributed by atoms with Gasteiger partial charge in [-0.2, -0.15) is 0 Å². The van der Waals surface area contributed by atoms with E-state index in [9.17, 15) is 14.5 Å². The number of aromatic nitrogens is 1. The van der Waals surface area contributed by atoms with Gasteiger partial charge in [-0.15, -0.1) is 0 Å². The maximum Gasteiger partial charge on any atom is 0.314 e. The molecule has 2 aromatic rings. The quantitative estimate of drug-likeness (QED) is 0.637. The highest BCUT2D eigenvalue weighted by Crippen LogP contribution is 2.33. The van der Waals surface area contributed by atoms with E-state index in [1.807, 2.05) is 0 Å². The predicted molar refractivity (Wildman–Crippen MR) is 68.9 cm³/mol. The number of nitro groups is 1. The van der Waals surface area contributed by atoms with Crippen LogP contribution < -0.4 is 9.47 Å². The van der Waals surface area contributed by atoms with Gasteiger partial charge in [0.1, 0.15) is 5.75 Å². The summed E-state index contributed by atoms with van der Waals surface area (Å²) in [5.41, 5.74) is -0.292. The second-order valence-electron chi connectivity index (χ2n) is 3.63. The van der Waals surface area contributed by atoms with E-state index < -0.39 is 10.7 Å². The van der Waals surface area contributed by atoms with Crippen molar-refractivity contribution in [3.05, 3.63) is 51.4 Å². The molecule has 0 saturated carbocycles. The molecule has 0 N–H and O–H groups in total. The van der Waals surface area contributed by atoms with Gasteiger partial charge in [0, 0.05) is 6.20 Å². The number of pyridine rings is 1. The topological polar surface area (TPSA) is 74.5 Å². The minimum absolute atomic E-state index is 0.0613. The van der Waals surface area contributed by atoms with Crippen LogP contribution in [0.2, 0.25) is 5.02 Å². The van der Waals surface area contributed by atoms with E-state index in [2.05, 4.69) is 4.98 Å². The molecule has 0 bridgehead atoms. The van der Waals surface area contributed by atoms with E-state index in [-0.39, 0.29) is 28.1 Å². The van der Waals surface area contributed by atoms with E-state index in [0.717, 1.165) is 12.1 Å². The number of nitrogens with zero attached hydrogens (tertiary/aromatic N) is 2. The van der Waals surface area contributed by atoms with Crippen LogP contribution in [0.25, 0.3) is 0 Å². The number of ether oxygens (including phenoxy) is 2. The van der Waals surface area contributed by atoms with Gasteiger partial charge in [-0.1, -0.05) is 11.6 Å². The van der Waals surface area contributed by atoms with Gasteiger partial charge >= 0.3 is 5.69 Å². The number of nitro benzene ring substituents is 1. The number of methoxy groups -OCH3 is 1. The van der Waals surface area contributed by atoms with Crippen molar-refractivity contribution in [1.29, 1.82) is 0 Å². The lowest BCUT2D eigenvalue weighted by molar-refractivity contribution is -0.385. The Morgan fingerprint density at radius 3 is 2.75 bits per heavy atom. The van der Waals surface area contributed by atoms with Crippen molar-refractivity contribution in [3.8, 4) is 17.4 Å². The van der Waals surface area contributed by atoms with E-state index in [0.29, 0.717) is 0 Å². The first-order valence-corrected chi connectivity index (χ1v) is 5.70. The number of hydrogen-bond acceptors (Lipinski definition) is 5. The van der Waals surface area contributed by atoms with Gasteiger partial charge in [-0.05, 0) is 18.2 Å². The molecule has 2 rings (SSSR count). The molecule has 0 radical (unpaired) electrons. The standard InChI is InChI=1S/C12H8ClFN2O4/c1-19-11-3-2-8(5-10(11)16(17)18)20-12-9(14)4-7(13)6-15-12/h2-6H,1H3. The molecule has 0 aliphatic carbocycles. The van der Waals surface area contributed by atoms with Crippen molar-refractivity contribution >= 4 is 17.3 Å². The SMILES string of the molecule is COc1ccc(Oc2ncc(Cl)cc2F)cc1[N+](=O)[O-]. The number of rotatable bonds is 4. The van der Waals surface area contributed by atoms with Crippen LogP contribution in [0.1, 0.15) is 0 Å². The van der Waals surface area contributed by atoms with E-state index in [4.69, 9.17) is 21.1 Å². The zero-order chi connectivity index (χ0) is 14.7. The summed E-state index contributed by atoms with van der Waals surface area (Å²) in [5, 5.41) is 11.0. The zero-order valence-electron chi connectivity index (χ0n) is 10.2. The highest BCUT2D eigenvalue weighted by molar-refractivity contribution is 6.30. The lowest BCUT2D eigenvalue weighted by Crippen LogP contribution is -1.96. The smallest absolute Gasteiger partial charge is 0.314 e. The van der Waals surface area contributed by atoms with Crippen LogP contribution in [0.4, 0.5) is 10.1 Å². The fraction of sp³-hybridized carbons (Fsp3) is 0.0833. The molecule has 1 heterocycles. The molecule has 0 atom stereocenters. The second-order valence-corrected chi connectivity index (χ2v) is 4.07. The third kappa shape index (κ3) is 2.94. The van der Waals surface area contributed by atoms with E-state index >= 15 is 0 Å². The first-order chi connectivity index (χ1) is 9.51. The largest absolute Gasteiger partial charge is 0.490 e. The first-order valence-electron chi connectivity index (χ1n) is 5.32. The van der Waals surface area contributed by atoms with Crippen molar-refractivity contribution in [2.75, 3.05) is 7.11 Å². The van der Waals surface area contributed by atoms with Crippen LogP contribution >= 0.6 is 11.6 Å². The number of benzene rings is 1. The Bertz CT molecular complexity index is 666. The molecule has 1 aromatic carbocycles. The Balaban J connectivity index is 2.34. The van der Waals surface area contributed by atoms with Crippen LogP contribution in [-0.4, -0.2) is 17.0 Å². The van der Waals surface area contributed by atoms with Gasteiger partial charge in [0.05, 0.1) is 23.1 Å². The van der Waals surface area contributed by atoms with Crippen molar-refractivity contribution in [2.45, 2.75) is 0 Å². The molecule has 104 valence electrons. The molecule has 0 unspecified atom stereocenters. The lowest BCUT2D eigenvalue weighted by atomic mass is 10.3. The van der Waals surface area contributed by atoms with Crippen LogP contribution in [-0.2, 0) is 0 Å². The van der Waals surface area contributed by atoms with Crippen molar-refractivity contribution in [2.24, 2.45) is 0 Å². The average Bonchev–Trinajstić information content (AvgIpc) is 2.41.